The molecule has 0 radical (unpaired) electrons. The van der Waals surface area contributed by atoms with Crippen molar-refractivity contribution in [1.29, 1.82) is 0 Å². The molecule has 6 aliphatic rings. The fraction of sp³-hybridized carbons (Fsp3) is 0.652. The van der Waals surface area contributed by atoms with E-state index in [-0.39, 0.29) is 0 Å². The van der Waals surface area contributed by atoms with Gasteiger partial charge in [-0.2, -0.15) is 0 Å². The molecule has 0 spiro atoms. The Kier molecular flexibility index (Phi) is 3.09. The van der Waals surface area contributed by atoms with Crippen LogP contribution < -0.4 is 0 Å². The van der Waals surface area contributed by atoms with Crippen molar-refractivity contribution in [3.63, 3.8) is 0 Å². The van der Waals surface area contributed by atoms with E-state index in [2.05, 4.69) is 36.8 Å². The summed E-state index contributed by atoms with van der Waals surface area (Å²) in [5.74, 6) is 5.12. The van der Waals surface area contributed by atoms with Crippen LogP contribution in [0.4, 0.5) is 0 Å². The summed E-state index contributed by atoms with van der Waals surface area (Å²) in [5.41, 5.74) is 10.4. The number of hydrogen-bond acceptors (Lipinski definition) is 0. The van der Waals surface area contributed by atoms with Crippen molar-refractivity contribution in [3.8, 4) is 0 Å². The number of benzene rings is 1. The Morgan fingerprint density at radius 3 is 2.38 bits per heavy atom. The molecule has 24 heavy (non-hydrogen) atoms. The van der Waals surface area contributed by atoms with Crippen molar-refractivity contribution in [2.45, 2.75) is 68.8 Å². The summed E-state index contributed by atoms with van der Waals surface area (Å²) in [6.45, 7) is 2.36. The summed E-state index contributed by atoms with van der Waals surface area (Å²) in [4.78, 5) is 0. The second-order valence-corrected chi connectivity index (χ2v) is 9.85. The van der Waals surface area contributed by atoms with Gasteiger partial charge in [0.15, 0.2) is 0 Å². The van der Waals surface area contributed by atoms with E-state index in [4.69, 9.17) is 0 Å². The Balaban J connectivity index is 1.55. The van der Waals surface area contributed by atoms with E-state index in [1.165, 1.54) is 19.3 Å². The van der Waals surface area contributed by atoms with E-state index >= 15 is 0 Å². The molecule has 120 valence electrons. The molecule has 6 aliphatic carbocycles. The molecule has 4 fully saturated rings. The second-order valence-electron chi connectivity index (χ2n) is 9.85. The quantitative estimate of drug-likeness (QED) is 0.614. The van der Waals surface area contributed by atoms with Crippen molar-refractivity contribution < 1.29 is 0 Å². The van der Waals surface area contributed by atoms with Crippen LogP contribution in [0.3, 0.4) is 0 Å². The molecule has 0 nitrogen and oxygen atoms in total. The molecule has 0 heterocycles. The first-order chi connectivity index (χ1) is 11.7. The normalized spacial score (nSPS) is 41.5. The molecule has 0 aromatic heterocycles. The van der Waals surface area contributed by atoms with Crippen LogP contribution in [0.25, 0.3) is 6.08 Å². The van der Waals surface area contributed by atoms with Gasteiger partial charge in [-0.15, -0.1) is 0 Å². The second kappa shape index (κ2) is 5.05. The van der Waals surface area contributed by atoms with E-state index in [0.717, 1.165) is 29.6 Å². The minimum absolute atomic E-state index is 0.654. The molecule has 1 aromatic rings. The van der Waals surface area contributed by atoms with E-state index in [0.29, 0.717) is 4.59 Å². The fourth-order valence-corrected chi connectivity index (χ4v) is 7.71. The molecule has 1 aromatic carbocycles. The number of rotatable bonds is 1. The van der Waals surface area contributed by atoms with E-state index < -0.39 is 0 Å². The average molecular weight is 310 g/mol. The first-order valence-corrected chi connectivity index (χ1v) is 10.6. The Labute approximate surface area is 155 Å². The zero-order valence-electron chi connectivity index (χ0n) is 15.3. The topological polar surface area (TPSA) is 0 Å². The van der Waals surface area contributed by atoms with Crippen molar-refractivity contribution >= 4 is 23.8 Å². The van der Waals surface area contributed by atoms with Gasteiger partial charge in [0.2, 0.25) is 0 Å². The Morgan fingerprint density at radius 2 is 1.67 bits per heavy atom. The zero-order valence-corrected chi connectivity index (χ0v) is 15.3. The maximum absolute atomic E-state index is 2.61. The SMILES string of the molecule is [Li][CH]1C(C)=Cc2c1cc1c(c2C2C3CC4CC(C3)CC2C4)CCC1. The van der Waals surface area contributed by atoms with Gasteiger partial charge in [0.1, 0.15) is 0 Å². The van der Waals surface area contributed by atoms with Crippen LogP contribution >= 0.6 is 0 Å². The number of aryl methyl sites for hydroxylation is 1. The molecule has 0 N–H and O–H groups in total. The Morgan fingerprint density at radius 1 is 0.958 bits per heavy atom. The molecule has 0 saturated heterocycles. The van der Waals surface area contributed by atoms with Crippen molar-refractivity contribution in [2.75, 3.05) is 0 Å². The van der Waals surface area contributed by atoms with E-state index in [1.54, 1.807) is 54.4 Å². The summed E-state index contributed by atoms with van der Waals surface area (Å²) in [6.07, 6.45) is 14.5. The number of fused-ring (bicyclic) bond motifs is 2. The molecule has 1 atom stereocenters. The summed E-state index contributed by atoms with van der Waals surface area (Å²) < 4.78 is 0.654. The van der Waals surface area contributed by atoms with Crippen molar-refractivity contribution in [2.24, 2.45) is 23.7 Å². The summed E-state index contributed by atoms with van der Waals surface area (Å²) in [6, 6.07) is 2.61. The molecular weight excluding hydrogens is 283 g/mol. The third-order valence-electron chi connectivity index (χ3n) is 8.60. The molecular formula is C23H27Li. The molecule has 4 saturated carbocycles. The monoisotopic (exact) mass is 310 g/mol. The van der Waals surface area contributed by atoms with Gasteiger partial charge in [0.05, 0.1) is 0 Å². The van der Waals surface area contributed by atoms with Gasteiger partial charge < -0.3 is 0 Å². The molecule has 0 amide bonds. The summed E-state index contributed by atoms with van der Waals surface area (Å²) >= 11 is 2.43. The molecule has 1 heteroatoms. The van der Waals surface area contributed by atoms with E-state index in [1.807, 2.05) is 11.1 Å². The predicted molar refractivity (Wildman–Crippen MR) is 100 cm³/mol. The maximum atomic E-state index is 2.61. The van der Waals surface area contributed by atoms with Crippen LogP contribution in [0, 0.1) is 23.7 Å². The van der Waals surface area contributed by atoms with E-state index in [9.17, 15) is 0 Å². The van der Waals surface area contributed by atoms with Gasteiger partial charge in [0, 0.05) is 0 Å². The first-order valence-electron chi connectivity index (χ1n) is 10.6. The van der Waals surface area contributed by atoms with Crippen LogP contribution in [0.2, 0.25) is 0 Å². The fourth-order valence-electron chi connectivity index (χ4n) is 7.71. The molecule has 7 rings (SSSR count). The first kappa shape index (κ1) is 14.7. The van der Waals surface area contributed by atoms with Crippen LogP contribution in [-0.4, -0.2) is 17.7 Å². The molecule has 4 bridgehead atoms. The third-order valence-corrected chi connectivity index (χ3v) is 8.60. The van der Waals surface area contributed by atoms with Crippen LogP contribution in [0.1, 0.15) is 83.8 Å². The summed E-state index contributed by atoms with van der Waals surface area (Å²) in [7, 11) is 0. The predicted octanol–water partition coefficient (Wildman–Crippen LogP) is 5.34. The number of hydrogen-bond donors (Lipinski definition) is 0. The van der Waals surface area contributed by atoms with Gasteiger partial charge in [-0.05, 0) is 0 Å². The standard InChI is InChI=1S/C23H27.Li/c1-13-5-17-12-16-3-2-4-20(16)23(21(17)6-13)22-18-8-14-7-15(10-18)11-19(22)9-14;/h5-6,12,14-15,18-19,22H,2-4,7-11H2,1H3;. The molecule has 1 unspecified atom stereocenters. The minimum atomic E-state index is 0.654. The molecule has 0 aliphatic heterocycles. The van der Waals surface area contributed by atoms with Gasteiger partial charge in [-0.3, -0.25) is 0 Å². The van der Waals surface area contributed by atoms with Gasteiger partial charge in [-0.1, -0.05) is 0 Å². The van der Waals surface area contributed by atoms with Gasteiger partial charge in [-0.25, -0.2) is 0 Å². The zero-order chi connectivity index (χ0) is 16.0. The van der Waals surface area contributed by atoms with Gasteiger partial charge in [0.25, 0.3) is 0 Å². The van der Waals surface area contributed by atoms with Gasteiger partial charge >= 0.3 is 156 Å². The van der Waals surface area contributed by atoms with Crippen molar-refractivity contribution in [1.82, 2.24) is 0 Å². The van der Waals surface area contributed by atoms with Crippen LogP contribution in [0.15, 0.2) is 11.6 Å². The van der Waals surface area contributed by atoms with Crippen molar-refractivity contribution in [3.05, 3.63) is 39.5 Å². The van der Waals surface area contributed by atoms with Crippen LogP contribution in [-0.2, 0) is 12.8 Å². The van der Waals surface area contributed by atoms with Crippen LogP contribution in [0.5, 0.6) is 0 Å². The number of allylic oxidation sites excluding steroid dienone is 1. The average Bonchev–Trinajstić information content (AvgIpc) is 3.12. The third kappa shape index (κ3) is 1.88. The Hall–Kier alpha value is -0.443. The summed E-state index contributed by atoms with van der Waals surface area (Å²) in [5, 5.41) is 0. The Bertz CT molecular complexity index is 728.